The van der Waals surface area contributed by atoms with E-state index >= 15 is 0 Å². The number of carbonyl (C=O) groups is 2. The third-order valence-corrected chi connectivity index (χ3v) is 5.51. The molecule has 23 heavy (non-hydrogen) atoms. The highest BCUT2D eigenvalue weighted by atomic mass is 16.2. The predicted molar refractivity (Wildman–Crippen MR) is 89.9 cm³/mol. The van der Waals surface area contributed by atoms with Crippen molar-refractivity contribution in [2.75, 3.05) is 39.3 Å². The van der Waals surface area contributed by atoms with Crippen molar-refractivity contribution in [3.05, 3.63) is 0 Å². The summed E-state index contributed by atoms with van der Waals surface area (Å²) in [6.07, 6.45) is 4.99. The summed E-state index contributed by atoms with van der Waals surface area (Å²) in [5.41, 5.74) is 0. The molecule has 0 bridgehead atoms. The summed E-state index contributed by atoms with van der Waals surface area (Å²) in [6.45, 7) is 10.1. The van der Waals surface area contributed by atoms with Gasteiger partial charge in [0, 0.05) is 51.1 Å². The van der Waals surface area contributed by atoms with E-state index < -0.39 is 0 Å². The molecule has 2 aliphatic heterocycles. The second-order valence-corrected chi connectivity index (χ2v) is 7.80. The van der Waals surface area contributed by atoms with Crippen LogP contribution in [0.5, 0.6) is 0 Å². The van der Waals surface area contributed by atoms with E-state index in [4.69, 9.17) is 0 Å². The van der Waals surface area contributed by atoms with Crippen LogP contribution in [0, 0.1) is 11.8 Å². The number of piperidine rings is 1. The lowest BCUT2D eigenvalue weighted by Gasteiger charge is -2.37. The minimum Gasteiger partial charge on any atom is -0.341 e. The van der Waals surface area contributed by atoms with Crippen LogP contribution in [0.25, 0.3) is 0 Å². The first-order valence-corrected chi connectivity index (χ1v) is 9.35. The van der Waals surface area contributed by atoms with E-state index in [1.165, 1.54) is 0 Å². The minimum absolute atomic E-state index is 0.307. The second-order valence-electron chi connectivity index (χ2n) is 7.80. The number of carbonyl (C=O) groups excluding carboxylic acids is 2. The Hall–Kier alpha value is -1.10. The fraction of sp³-hybridized carbons (Fsp3) is 0.889. The van der Waals surface area contributed by atoms with Crippen molar-refractivity contribution in [1.82, 2.24) is 14.7 Å². The first-order chi connectivity index (χ1) is 11.0. The highest BCUT2D eigenvalue weighted by Crippen LogP contribution is 2.31. The lowest BCUT2D eigenvalue weighted by molar-refractivity contribution is -0.137. The fourth-order valence-electron chi connectivity index (χ4n) is 3.92. The maximum absolute atomic E-state index is 12.2. The number of hydrogen-bond acceptors (Lipinski definition) is 3. The average molecular weight is 321 g/mol. The SMILES string of the molecule is CC(C)N1CC(CN2CCCN(C(=O)C3CC3)CC2)CCC1=O. The van der Waals surface area contributed by atoms with E-state index in [-0.39, 0.29) is 0 Å². The summed E-state index contributed by atoms with van der Waals surface area (Å²) in [5.74, 6) is 1.63. The van der Waals surface area contributed by atoms with Crippen LogP contribution < -0.4 is 0 Å². The topological polar surface area (TPSA) is 43.9 Å². The smallest absolute Gasteiger partial charge is 0.225 e. The summed E-state index contributed by atoms with van der Waals surface area (Å²) in [5, 5.41) is 0. The Balaban J connectivity index is 1.48. The molecule has 3 fully saturated rings. The Morgan fingerprint density at radius 3 is 2.61 bits per heavy atom. The van der Waals surface area contributed by atoms with Gasteiger partial charge in [-0.1, -0.05) is 0 Å². The predicted octanol–water partition coefficient (Wildman–Crippen LogP) is 1.58. The number of hydrogen-bond donors (Lipinski definition) is 0. The van der Waals surface area contributed by atoms with Gasteiger partial charge in [-0.2, -0.15) is 0 Å². The second kappa shape index (κ2) is 7.20. The third-order valence-electron chi connectivity index (χ3n) is 5.51. The quantitative estimate of drug-likeness (QED) is 0.789. The van der Waals surface area contributed by atoms with Crippen LogP contribution in [0.2, 0.25) is 0 Å². The molecule has 0 aromatic heterocycles. The van der Waals surface area contributed by atoms with Crippen molar-refractivity contribution in [3.63, 3.8) is 0 Å². The van der Waals surface area contributed by atoms with E-state index in [0.717, 1.165) is 65.0 Å². The van der Waals surface area contributed by atoms with Gasteiger partial charge < -0.3 is 14.7 Å². The van der Waals surface area contributed by atoms with E-state index in [2.05, 4.69) is 23.6 Å². The maximum Gasteiger partial charge on any atom is 0.225 e. The monoisotopic (exact) mass is 321 g/mol. The molecule has 1 unspecified atom stereocenters. The van der Waals surface area contributed by atoms with Gasteiger partial charge in [-0.05, 0) is 52.0 Å². The lowest BCUT2D eigenvalue weighted by Crippen LogP contribution is -2.47. The number of likely N-dealkylation sites (tertiary alicyclic amines) is 1. The Labute approximate surface area is 140 Å². The van der Waals surface area contributed by atoms with Crippen molar-refractivity contribution in [1.29, 1.82) is 0 Å². The molecule has 0 radical (unpaired) electrons. The molecule has 2 heterocycles. The zero-order chi connectivity index (χ0) is 16.4. The van der Waals surface area contributed by atoms with E-state index in [0.29, 0.717) is 36.1 Å². The van der Waals surface area contributed by atoms with Crippen LogP contribution in [-0.2, 0) is 9.59 Å². The van der Waals surface area contributed by atoms with Crippen LogP contribution in [0.3, 0.4) is 0 Å². The van der Waals surface area contributed by atoms with Gasteiger partial charge in [0.1, 0.15) is 0 Å². The van der Waals surface area contributed by atoms with Crippen molar-refractivity contribution >= 4 is 11.8 Å². The third kappa shape index (κ3) is 4.25. The van der Waals surface area contributed by atoms with Crippen LogP contribution in [0.1, 0.15) is 46.0 Å². The van der Waals surface area contributed by atoms with Gasteiger partial charge in [-0.25, -0.2) is 0 Å². The summed E-state index contributed by atoms with van der Waals surface area (Å²) < 4.78 is 0. The molecule has 0 aromatic carbocycles. The van der Waals surface area contributed by atoms with Gasteiger partial charge in [-0.15, -0.1) is 0 Å². The van der Waals surface area contributed by atoms with Gasteiger partial charge in [0.05, 0.1) is 0 Å². The molecule has 1 atom stereocenters. The Bertz CT molecular complexity index is 448. The van der Waals surface area contributed by atoms with E-state index in [1.807, 2.05) is 4.90 Å². The molecule has 2 saturated heterocycles. The molecule has 1 saturated carbocycles. The van der Waals surface area contributed by atoms with Crippen LogP contribution in [0.4, 0.5) is 0 Å². The molecule has 0 aromatic rings. The molecule has 5 nitrogen and oxygen atoms in total. The number of rotatable bonds is 4. The molecular formula is C18H31N3O2. The van der Waals surface area contributed by atoms with Crippen molar-refractivity contribution in [2.45, 2.75) is 52.0 Å². The first kappa shape index (κ1) is 16.7. The maximum atomic E-state index is 12.2. The number of amides is 2. The summed E-state index contributed by atoms with van der Waals surface area (Å²) in [6, 6.07) is 0.307. The molecule has 130 valence electrons. The molecule has 0 N–H and O–H groups in total. The van der Waals surface area contributed by atoms with E-state index in [9.17, 15) is 9.59 Å². The molecular weight excluding hydrogens is 290 g/mol. The molecule has 5 heteroatoms. The van der Waals surface area contributed by atoms with Gasteiger partial charge >= 0.3 is 0 Å². The normalized spacial score (nSPS) is 27.4. The van der Waals surface area contributed by atoms with Crippen molar-refractivity contribution in [3.8, 4) is 0 Å². The lowest BCUT2D eigenvalue weighted by atomic mass is 9.95. The molecule has 1 aliphatic carbocycles. The summed E-state index contributed by atoms with van der Waals surface area (Å²) in [4.78, 5) is 30.8. The molecule has 0 spiro atoms. The highest BCUT2D eigenvalue weighted by molar-refractivity contribution is 5.81. The zero-order valence-electron chi connectivity index (χ0n) is 14.7. The zero-order valence-corrected chi connectivity index (χ0v) is 14.7. The minimum atomic E-state index is 0.307. The van der Waals surface area contributed by atoms with Gasteiger partial charge in [0.2, 0.25) is 11.8 Å². The Morgan fingerprint density at radius 1 is 1.13 bits per heavy atom. The first-order valence-electron chi connectivity index (χ1n) is 9.35. The highest BCUT2D eigenvalue weighted by Gasteiger charge is 2.34. The van der Waals surface area contributed by atoms with Gasteiger partial charge in [-0.3, -0.25) is 9.59 Å². The van der Waals surface area contributed by atoms with Crippen LogP contribution >= 0.6 is 0 Å². The summed E-state index contributed by atoms with van der Waals surface area (Å²) in [7, 11) is 0. The van der Waals surface area contributed by atoms with Gasteiger partial charge in [0.25, 0.3) is 0 Å². The molecule has 3 rings (SSSR count). The Morgan fingerprint density at radius 2 is 1.91 bits per heavy atom. The van der Waals surface area contributed by atoms with Crippen molar-refractivity contribution in [2.24, 2.45) is 11.8 Å². The molecule has 2 amide bonds. The largest absolute Gasteiger partial charge is 0.341 e. The molecule has 3 aliphatic rings. The fourth-order valence-corrected chi connectivity index (χ4v) is 3.92. The van der Waals surface area contributed by atoms with Crippen molar-refractivity contribution < 1.29 is 9.59 Å². The van der Waals surface area contributed by atoms with Crippen LogP contribution in [-0.4, -0.2) is 71.8 Å². The Kier molecular flexibility index (Phi) is 5.24. The number of nitrogens with zero attached hydrogens (tertiary/aromatic N) is 3. The summed E-state index contributed by atoms with van der Waals surface area (Å²) >= 11 is 0. The van der Waals surface area contributed by atoms with Crippen LogP contribution in [0.15, 0.2) is 0 Å². The standard InChI is InChI=1S/C18H31N3O2/c1-14(2)21-13-15(4-7-17(21)22)12-19-8-3-9-20(11-10-19)18(23)16-5-6-16/h14-16H,3-13H2,1-2H3. The average Bonchev–Trinajstić information content (AvgIpc) is 3.35. The van der Waals surface area contributed by atoms with Gasteiger partial charge in [0.15, 0.2) is 0 Å². The van der Waals surface area contributed by atoms with E-state index in [1.54, 1.807) is 0 Å².